The van der Waals surface area contributed by atoms with Crippen LogP contribution in [0.15, 0.2) is 41.3 Å². The van der Waals surface area contributed by atoms with Crippen LogP contribution in [0.1, 0.15) is 24.0 Å². The Morgan fingerprint density at radius 3 is 2.70 bits per heavy atom. The lowest BCUT2D eigenvalue weighted by molar-refractivity contribution is -0.124. The van der Waals surface area contributed by atoms with Gasteiger partial charge in [0.05, 0.1) is 4.90 Å². The number of halogens is 1. The van der Waals surface area contributed by atoms with Gasteiger partial charge in [-0.15, -0.1) is 0 Å². The average molecular weight is 434 g/mol. The first-order chi connectivity index (χ1) is 14.4. The van der Waals surface area contributed by atoms with Gasteiger partial charge in [0.2, 0.25) is 15.9 Å². The van der Waals surface area contributed by atoms with Gasteiger partial charge in [-0.1, -0.05) is 12.1 Å². The Labute approximate surface area is 174 Å². The third kappa shape index (κ3) is 3.99. The molecule has 0 bridgehead atoms. The second-order valence-electron chi connectivity index (χ2n) is 7.38. The van der Waals surface area contributed by atoms with E-state index in [1.165, 1.54) is 22.5 Å². The average Bonchev–Trinajstić information content (AvgIpc) is 3.25. The van der Waals surface area contributed by atoms with Gasteiger partial charge in [-0.3, -0.25) is 4.79 Å². The minimum absolute atomic E-state index is 0.0700. The lowest BCUT2D eigenvalue weighted by Gasteiger charge is -2.24. The van der Waals surface area contributed by atoms with E-state index < -0.39 is 16.1 Å². The quantitative estimate of drug-likeness (QED) is 0.781. The van der Waals surface area contributed by atoms with Crippen LogP contribution in [0.2, 0.25) is 0 Å². The largest absolute Gasteiger partial charge is 0.486 e. The third-order valence-corrected chi connectivity index (χ3v) is 7.22. The molecule has 0 saturated carbocycles. The Morgan fingerprint density at radius 1 is 1.17 bits per heavy atom. The summed E-state index contributed by atoms with van der Waals surface area (Å²) < 4.78 is 52.0. The molecule has 4 rings (SSSR count). The van der Waals surface area contributed by atoms with Gasteiger partial charge in [0, 0.05) is 19.2 Å². The predicted octanol–water partition coefficient (Wildman–Crippen LogP) is 2.37. The number of nitrogens with zero attached hydrogens (tertiary/aromatic N) is 1. The van der Waals surface area contributed by atoms with E-state index in [0.29, 0.717) is 43.1 Å². The van der Waals surface area contributed by atoms with Gasteiger partial charge in [0.15, 0.2) is 11.5 Å². The summed E-state index contributed by atoms with van der Waals surface area (Å²) in [6.45, 7) is 2.90. The fourth-order valence-electron chi connectivity index (χ4n) is 3.73. The molecule has 2 aliphatic heterocycles. The molecule has 2 aromatic rings. The highest BCUT2D eigenvalue weighted by molar-refractivity contribution is 7.89. The van der Waals surface area contributed by atoms with Crippen molar-refractivity contribution in [2.24, 2.45) is 0 Å². The number of ether oxygens (including phenoxy) is 2. The maximum atomic E-state index is 13.4. The van der Waals surface area contributed by atoms with E-state index in [1.807, 2.05) is 0 Å². The van der Waals surface area contributed by atoms with Crippen LogP contribution in [0.3, 0.4) is 0 Å². The summed E-state index contributed by atoms with van der Waals surface area (Å²) in [5.74, 6) is 0.216. The number of hydrogen-bond donors (Lipinski definition) is 1. The van der Waals surface area contributed by atoms with Gasteiger partial charge in [-0.2, -0.15) is 4.31 Å². The molecule has 9 heteroatoms. The zero-order valence-corrected chi connectivity index (χ0v) is 17.4. The smallest absolute Gasteiger partial charge is 0.243 e. The second-order valence-corrected chi connectivity index (χ2v) is 9.27. The Balaban J connectivity index is 1.49. The standard InChI is InChI=1S/C21H23FN2O5S/c1-14-11-15(4-6-17(14)22)13-23-21(25)18-3-2-8-24(18)30(26,27)16-5-7-19-20(12-16)29-10-9-28-19/h4-7,11-12,18H,2-3,8-10,13H2,1H3,(H,23,25). The SMILES string of the molecule is Cc1cc(CNC(=O)C2CCCN2S(=O)(=O)c2ccc3c(c2)OCCO3)ccc1F. The summed E-state index contributed by atoms with van der Waals surface area (Å²) in [6, 6.07) is 8.31. The van der Waals surface area contributed by atoms with Gasteiger partial charge in [-0.25, -0.2) is 12.8 Å². The summed E-state index contributed by atoms with van der Waals surface area (Å²) in [5.41, 5.74) is 1.24. The number of fused-ring (bicyclic) bond motifs is 1. The van der Waals surface area contributed by atoms with Crippen molar-refractivity contribution in [2.45, 2.75) is 37.2 Å². The molecule has 0 radical (unpaired) electrons. The molecule has 0 aromatic heterocycles. The summed E-state index contributed by atoms with van der Waals surface area (Å²) in [4.78, 5) is 12.8. The second kappa shape index (κ2) is 8.23. The Hall–Kier alpha value is -2.65. The summed E-state index contributed by atoms with van der Waals surface area (Å²) in [7, 11) is -3.87. The van der Waals surface area contributed by atoms with E-state index in [0.717, 1.165) is 5.56 Å². The highest BCUT2D eigenvalue weighted by atomic mass is 32.2. The number of carbonyl (C=O) groups excluding carboxylic acids is 1. The number of amides is 1. The van der Waals surface area contributed by atoms with Crippen molar-refractivity contribution in [3.8, 4) is 11.5 Å². The molecule has 1 amide bonds. The zero-order chi connectivity index (χ0) is 21.3. The fraction of sp³-hybridized carbons (Fsp3) is 0.381. The molecule has 1 fully saturated rings. The number of rotatable bonds is 5. The topological polar surface area (TPSA) is 84.9 Å². The minimum atomic E-state index is -3.87. The first kappa shape index (κ1) is 20.6. The molecular weight excluding hydrogens is 411 g/mol. The van der Waals surface area contributed by atoms with Gasteiger partial charge < -0.3 is 14.8 Å². The van der Waals surface area contributed by atoms with Crippen LogP contribution in [0.5, 0.6) is 11.5 Å². The molecule has 1 saturated heterocycles. The van der Waals surface area contributed by atoms with E-state index in [1.54, 1.807) is 25.1 Å². The number of hydrogen-bond acceptors (Lipinski definition) is 5. The van der Waals surface area contributed by atoms with E-state index in [-0.39, 0.29) is 29.7 Å². The summed E-state index contributed by atoms with van der Waals surface area (Å²) in [6.07, 6.45) is 1.04. The summed E-state index contributed by atoms with van der Waals surface area (Å²) in [5, 5.41) is 2.78. The van der Waals surface area contributed by atoms with Crippen LogP contribution in [-0.4, -0.2) is 44.4 Å². The first-order valence-electron chi connectivity index (χ1n) is 9.80. The van der Waals surface area contributed by atoms with Crippen LogP contribution in [0.25, 0.3) is 0 Å². The fourth-order valence-corrected chi connectivity index (χ4v) is 5.41. The maximum absolute atomic E-state index is 13.4. The highest BCUT2D eigenvalue weighted by Crippen LogP contribution is 2.34. The van der Waals surface area contributed by atoms with Crippen LogP contribution in [0.4, 0.5) is 4.39 Å². The molecule has 160 valence electrons. The van der Waals surface area contributed by atoms with E-state index >= 15 is 0 Å². The molecule has 7 nitrogen and oxygen atoms in total. The molecule has 30 heavy (non-hydrogen) atoms. The number of benzene rings is 2. The molecule has 1 unspecified atom stereocenters. The van der Waals surface area contributed by atoms with Gasteiger partial charge >= 0.3 is 0 Å². The number of aryl methyl sites for hydroxylation is 1. The van der Waals surface area contributed by atoms with Crippen LogP contribution in [0, 0.1) is 12.7 Å². The number of carbonyl (C=O) groups is 1. The van der Waals surface area contributed by atoms with Gasteiger partial charge in [-0.05, 0) is 49.1 Å². The van der Waals surface area contributed by atoms with Crippen molar-refractivity contribution in [3.05, 3.63) is 53.3 Å². The van der Waals surface area contributed by atoms with Crippen molar-refractivity contribution >= 4 is 15.9 Å². The van der Waals surface area contributed by atoms with Crippen LogP contribution in [-0.2, 0) is 21.4 Å². The normalized spacial score (nSPS) is 18.9. The Bertz CT molecular complexity index is 1070. The third-order valence-electron chi connectivity index (χ3n) is 5.32. The van der Waals surface area contributed by atoms with Gasteiger partial charge in [0.1, 0.15) is 25.1 Å². The molecule has 1 atom stereocenters. The lowest BCUT2D eigenvalue weighted by Crippen LogP contribution is -2.45. The van der Waals surface area contributed by atoms with Crippen molar-refractivity contribution < 1.29 is 27.1 Å². The van der Waals surface area contributed by atoms with E-state index in [2.05, 4.69) is 5.32 Å². The maximum Gasteiger partial charge on any atom is 0.243 e. The molecule has 2 heterocycles. The molecule has 2 aromatic carbocycles. The van der Waals surface area contributed by atoms with Crippen molar-refractivity contribution in [1.82, 2.24) is 9.62 Å². The number of sulfonamides is 1. The molecule has 0 aliphatic carbocycles. The molecule has 2 aliphatic rings. The molecular formula is C21H23FN2O5S. The van der Waals surface area contributed by atoms with Crippen molar-refractivity contribution in [2.75, 3.05) is 19.8 Å². The first-order valence-corrected chi connectivity index (χ1v) is 11.2. The van der Waals surface area contributed by atoms with Gasteiger partial charge in [0.25, 0.3) is 0 Å². The van der Waals surface area contributed by atoms with E-state index in [4.69, 9.17) is 9.47 Å². The Morgan fingerprint density at radius 2 is 1.93 bits per heavy atom. The summed E-state index contributed by atoms with van der Waals surface area (Å²) >= 11 is 0. The molecule has 1 N–H and O–H groups in total. The van der Waals surface area contributed by atoms with Crippen LogP contribution >= 0.6 is 0 Å². The molecule has 0 spiro atoms. The predicted molar refractivity (Wildman–Crippen MR) is 107 cm³/mol. The Kier molecular flexibility index (Phi) is 5.66. The zero-order valence-electron chi connectivity index (χ0n) is 16.6. The van der Waals surface area contributed by atoms with Crippen molar-refractivity contribution in [3.63, 3.8) is 0 Å². The lowest BCUT2D eigenvalue weighted by atomic mass is 10.1. The minimum Gasteiger partial charge on any atom is -0.486 e. The number of nitrogens with one attached hydrogen (secondary N) is 1. The van der Waals surface area contributed by atoms with Crippen LogP contribution < -0.4 is 14.8 Å². The highest BCUT2D eigenvalue weighted by Gasteiger charge is 2.39. The van der Waals surface area contributed by atoms with Crippen molar-refractivity contribution in [1.29, 1.82) is 0 Å². The van der Waals surface area contributed by atoms with E-state index in [9.17, 15) is 17.6 Å². The monoisotopic (exact) mass is 434 g/mol.